The minimum atomic E-state index is -2.83. The number of aliphatic imine (C=N–C) groups is 1. The number of hydrogen-bond acceptors (Lipinski definition) is 3. The average molecular weight is 470 g/mol. The third kappa shape index (κ3) is 8.84. The molecule has 0 aromatic heterocycles. The Bertz CT molecular complexity index is 554. The van der Waals surface area contributed by atoms with Crippen LogP contribution in [0.2, 0.25) is 0 Å². The summed E-state index contributed by atoms with van der Waals surface area (Å²) in [5.74, 6) is 0.811. The first-order chi connectivity index (χ1) is 11.3. The van der Waals surface area contributed by atoms with Crippen molar-refractivity contribution in [3.63, 3.8) is 0 Å². The van der Waals surface area contributed by atoms with Gasteiger partial charge in [0, 0.05) is 47.7 Å². The molecule has 0 radical (unpaired) electrons. The van der Waals surface area contributed by atoms with E-state index in [0.717, 1.165) is 5.56 Å². The standard InChI is InChI=1S/C16H24F2N4O2.HI/c1-19-16(20-10-9-14(23)21(2)3)22(4)11-12-5-7-13(8-6-12)24-15(17)18;/h5-8,15H,9-11H2,1-4H3,(H,19,20);1H. The number of rotatable bonds is 7. The Morgan fingerprint density at radius 2 is 1.84 bits per heavy atom. The zero-order valence-corrected chi connectivity index (χ0v) is 17.2. The number of ether oxygens (including phenoxy) is 1. The highest BCUT2D eigenvalue weighted by molar-refractivity contribution is 14.0. The summed E-state index contributed by atoms with van der Waals surface area (Å²) in [5.41, 5.74) is 0.923. The quantitative estimate of drug-likeness (QED) is 0.378. The van der Waals surface area contributed by atoms with Crippen molar-refractivity contribution in [2.75, 3.05) is 34.7 Å². The predicted octanol–water partition coefficient (Wildman–Crippen LogP) is 2.39. The zero-order valence-electron chi connectivity index (χ0n) is 14.8. The molecule has 0 aliphatic rings. The van der Waals surface area contributed by atoms with Crippen LogP contribution in [0.4, 0.5) is 8.78 Å². The smallest absolute Gasteiger partial charge is 0.387 e. The summed E-state index contributed by atoms with van der Waals surface area (Å²) >= 11 is 0. The molecule has 1 rings (SSSR count). The Labute approximate surface area is 164 Å². The van der Waals surface area contributed by atoms with E-state index in [1.54, 1.807) is 33.3 Å². The molecule has 0 unspecified atom stereocenters. The van der Waals surface area contributed by atoms with Crippen LogP contribution in [0.5, 0.6) is 5.75 Å². The number of carbonyl (C=O) groups excluding carboxylic acids is 1. The Morgan fingerprint density at radius 3 is 2.32 bits per heavy atom. The van der Waals surface area contributed by atoms with Gasteiger partial charge in [-0.2, -0.15) is 8.78 Å². The second-order valence-electron chi connectivity index (χ2n) is 5.39. The molecule has 9 heteroatoms. The highest BCUT2D eigenvalue weighted by Gasteiger charge is 2.09. The van der Waals surface area contributed by atoms with Crippen molar-refractivity contribution in [1.82, 2.24) is 15.1 Å². The molecular weight excluding hydrogens is 445 g/mol. The number of amides is 1. The van der Waals surface area contributed by atoms with E-state index in [0.29, 0.717) is 25.5 Å². The van der Waals surface area contributed by atoms with Gasteiger partial charge in [-0.3, -0.25) is 9.79 Å². The lowest BCUT2D eigenvalue weighted by Crippen LogP contribution is -2.40. The monoisotopic (exact) mass is 470 g/mol. The lowest BCUT2D eigenvalue weighted by Gasteiger charge is -2.22. The SMILES string of the molecule is CN=C(NCCC(=O)N(C)C)N(C)Cc1ccc(OC(F)F)cc1.I. The first-order valence-corrected chi connectivity index (χ1v) is 7.49. The molecule has 0 saturated carbocycles. The van der Waals surface area contributed by atoms with Crippen molar-refractivity contribution in [3.8, 4) is 5.75 Å². The molecule has 0 aliphatic carbocycles. The molecule has 6 nitrogen and oxygen atoms in total. The summed E-state index contributed by atoms with van der Waals surface area (Å²) in [6, 6.07) is 6.44. The average Bonchev–Trinajstić information content (AvgIpc) is 2.52. The van der Waals surface area contributed by atoms with Gasteiger partial charge in [-0.15, -0.1) is 24.0 Å². The first kappa shape index (κ1) is 23.4. The molecule has 0 atom stereocenters. The maximum atomic E-state index is 12.1. The number of nitrogens with zero attached hydrogens (tertiary/aromatic N) is 3. The number of benzene rings is 1. The van der Waals surface area contributed by atoms with Crippen molar-refractivity contribution >= 4 is 35.8 Å². The molecule has 1 aromatic carbocycles. The van der Waals surface area contributed by atoms with Gasteiger partial charge in [0.1, 0.15) is 5.75 Å². The Balaban J connectivity index is 0.00000576. The Morgan fingerprint density at radius 1 is 1.24 bits per heavy atom. The van der Waals surface area contributed by atoms with Crippen molar-refractivity contribution in [1.29, 1.82) is 0 Å². The number of hydrogen-bond donors (Lipinski definition) is 1. The predicted molar refractivity (Wildman–Crippen MR) is 105 cm³/mol. The summed E-state index contributed by atoms with van der Waals surface area (Å²) in [5, 5.41) is 3.12. The van der Waals surface area contributed by atoms with Gasteiger partial charge in [0.25, 0.3) is 0 Å². The second-order valence-corrected chi connectivity index (χ2v) is 5.39. The highest BCUT2D eigenvalue weighted by Crippen LogP contribution is 2.15. The van der Waals surface area contributed by atoms with Crippen LogP contribution in [0.15, 0.2) is 29.3 Å². The number of halogens is 3. The molecule has 25 heavy (non-hydrogen) atoms. The molecule has 0 aliphatic heterocycles. The van der Waals surface area contributed by atoms with E-state index < -0.39 is 6.61 Å². The van der Waals surface area contributed by atoms with E-state index in [2.05, 4.69) is 15.0 Å². The van der Waals surface area contributed by atoms with Crippen molar-refractivity contribution < 1.29 is 18.3 Å². The summed E-state index contributed by atoms with van der Waals surface area (Å²) in [7, 11) is 6.94. The third-order valence-electron chi connectivity index (χ3n) is 3.26. The minimum Gasteiger partial charge on any atom is -0.435 e. The van der Waals surface area contributed by atoms with E-state index in [1.165, 1.54) is 17.0 Å². The van der Waals surface area contributed by atoms with Crippen molar-refractivity contribution in [2.45, 2.75) is 19.6 Å². The number of alkyl halides is 2. The number of guanidine groups is 1. The van der Waals surface area contributed by atoms with E-state index in [-0.39, 0.29) is 35.6 Å². The minimum absolute atomic E-state index is 0. The molecule has 1 aromatic rings. The fourth-order valence-corrected chi connectivity index (χ4v) is 2.01. The maximum Gasteiger partial charge on any atom is 0.387 e. The Hall–Kier alpha value is -1.65. The first-order valence-electron chi connectivity index (χ1n) is 7.49. The molecule has 0 bridgehead atoms. The van der Waals surface area contributed by atoms with Crippen LogP contribution in [-0.4, -0.2) is 63.0 Å². The molecule has 142 valence electrons. The second kappa shape index (κ2) is 11.8. The molecule has 0 fully saturated rings. The molecule has 0 spiro atoms. The van der Waals surface area contributed by atoms with Crippen LogP contribution in [0, 0.1) is 0 Å². The lowest BCUT2D eigenvalue weighted by atomic mass is 10.2. The lowest BCUT2D eigenvalue weighted by molar-refractivity contribution is -0.128. The largest absolute Gasteiger partial charge is 0.435 e. The fraction of sp³-hybridized carbons (Fsp3) is 0.500. The van der Waals surface area contributed by atoms with Crippen LogP contribution < -0.4 is 10.1 Å². The molecule has 1 N–H and O–H groups in total. The van der Waals surface area contributed by atoms with Crippen LogP contribution in [0.3, 0.4) is 0 Å². The van der Waals surface area contributed by atoms with E-state index in [1.807, 2.05) is 11.9 Å². The maximum absolute atomic E-state index is 12.1. The fourth-order valence-electron chi connectivity index (χ4n) is 2.01. The summed E-state index contributed by atoms with van der Waals surface area (Å²) in [4.78, 5) is 19.1. The van der Waals surface area contributed by atoms with Crippen LogP contribution >= 0.6 is 24.0 Å². The molecule has 0 saturated heterocycles. The Kier molecular flexibility index (Phi) is 11.0. The third-order valence-corrected chi connectivity index (χ3v) is 3.26. The molecule has 1 amide bonds. The van der Waals surface area contributed by atoms with Gasteiger partial charge in [-0.25, -0.2) is 0 Å². The van der Waals surface area contributed by atoms with Gasteiger partial charge in [-0.05, 0) is 17.7 Å². The van der Waals surface area contributed by atoms with Crippen LogP contribution in [0.25, 0.3) is 0 Å². The van der Waals surface area contributed by atoms with Gasteiger partial charge in [0.2, 0.25) is 5.91 Å². The summed E-state index contributed by atoms with van der Waals surface area (Å²) in [6.45, 7) is -1.81. The van der Waals surface area contributed by atoms with Crippen molar-refractivity contribution in [2.24, 2.45) is 4.99 Å². The number of nitrogens with one attached hydrogen (secondary N) is 1. The zero-order chi connectivity index (χ0) is 18.1. The number of carbonyl (C=O) groups is 1. The van der Waals surface area contributed by atoms with Gasteiger partial charge < -0.3 is 19.9 Å². The highest BCUT2D eigenvalue weighted by atomic mass is 127. The molecular formula is C16H25F2IN4O2. The normalized spacial score (nSPS) is 10.9. The van der Waals surface area contributed by atoms with Gasteiger partial charge in [0.05, 0.1) is 0 Å². The van der Waals surface area contributed by atoms with Crippen LogP contribution in [-0.2, 0) is 11.3 Å². The molecule has 0 heterocycles. The van der Waals surface area contributed by atoms with Gasteiger partial charge in [-0.1, -0.05) is 12.1 Å². The summed E-state index contributed by atoms with van der Waals surface area (Å²) < 4.78 is 28.6. The van der Waals surface area contributed by atoms with Gasteiger partial charge >= 0.3 is 6.61 Å². The summed E-state index contributed by atoms with van der Waals surface area (Å²) in [6.07, 6.45) is 0.375. The van der Waals surface area contributed by atoms with E-state index in [4.69, 9.17) is 0 Å². The van der Waals surface area contributed by atoms with E-state index >= 15 is 0 Å². The van der Waals surface area contributed by atoms with E-state index in [9.17, 15) is 13.6 Å². The topological polar surface area (TPSA) is 57.2 Å². The van der Waals surface area contributed by atoms with Crippen molar-refractivity contribution in [3.05, 3.63) is 29.8 Å². The van der Waals surface area contributed by atoms with Crippen LogP contribution in [0.1, 0.15) is 12.0 Å². The van der Waals surface area contributed by atoms with Gasteiger partial charge in [0.15, 0.2) is 5.96 Å².